The number of nitrogens with one attached hydrogen (secondary N) is 1. The average Bonchev–Trinajstić information content (AvgIpc) is 3.32. The predicted octanol–water partition coefficient (Wildman–Crippen LogP) is 3.23. The van der Waals surface area contributed by atoms with Crippen LogP contribution in [0.25, 0.3) is 5.69 Å². The molecular formula is C20H24N2O3. The number of aromatic nitrogens is 1. The molecule has 1 saturated carbocycles. The maximum absolute atomic E-state index is 12.5. The van der Waals surface area contributed by atoms with Crippen molar-refractivity contribution in [3.05, 3.63) is 52.8 Å². The molecule has 25 heavy (non-hydrogen) atoms. The summed E-state index contributed by atoms with van der Waals surface area (Å²) in [5.74, 6) is -0.701. The molecule has 0 radical (unpaired) electrons. The Labute approximate surface area is 148 Å². The number of amides is 1. The third-order valence-electron chi connectivity index (χ3n) is 4.52. The van der Waals surface area contributed by atoms with Gasteiger partial charge in [-0.05, 0) is 58.7 Å². The fraction of sp³-hybridized carbons (Fsp3) is 0.400. The van der Waals surface area contributed by atoms with E-state index in [0.29, 0.717) is 5.56 Å². The largest absolute Gasteiger partial charge is 0.449 e. The quantitative estimate of drug-likeness (QED) is 0.850. The maximum Gasteiger partial charge on any atom is 0.340 e. The molecule has 5 heteroatoms. The van der Waals surface area contributed by atoms with E-state index >= 15 is 0 Å². The second-order valence-corrected chi connectivity index (χ2v) is 6.79. The molecule has 0 saturated heterocycles. The minimum absolute atomic E-state index is 0.233. The lowest BCUT2D eigenvalue weighted by Crippen LogP contribution is -2.37. The second-order valence-electron chi connectivity index (χ2n) is 6.79. The molecule has 1 aliphatic rings. The van der Waals surface area contributed by atoms with Gasteiger partial charge < -0.3 is 14.6 Å². The summed E-state index contributed by atoms with van der Waals surface area (Å²) in [5.41, 5.74) is 4.43. The topological polar surface area (TPSA) is 60.3 Å². The van der Waals surface area contributed by atoms with Crippen LogP contribution in [0.3, 0.4) is 0 Å². The molecule has 132 valence electrons. The van der Waals surface area contributed by atoms with E-state index in [-0.39, 0.29) is 11.9 Å². The molecule has 5 nitrogen and oxygen atoms in total. The fourth-order valence-corrected chi connectivity index (χ4v) is 2.88. The Balaban J connectivity index is 1.78. The van der Waals surface area contributed by atoms with E-state index in [0.717, 1.165) is 29.9 Å². The van der Waals surface area contributed by atoms with Crippen molar-refractivity contribution in [1.29, 1.82) is 0 Å². The van der Waals surface area contributed by atoms with Crippen molar-refractivity contribution in [2.24, 2.45) is 0 Å². The minimum atomic E-state index is -0.796. The highest BCUT2D eigenvalue weighted by atomic mass is 16.5. The van der Waals surface area contributed by atoms with E-state index in [1.807, 2.05) is 55.7 Å². The molecule has 1 amide bonds. The Morgan fingerprint density at radius 2 is 1.80 bits per heavy atom. The highest BCUT2D eigenvalue weighted by molar-refractivity contribution is 5.93. The molecular weight excluding hydrogens is 316 g/mol. The Morgan fingerprint density at radius 1 is 1.16 bits per heavy atom. The van der Waals surface area contributed by atoms with E-state index in [1.165, 1.54) is 5.56 Å². The van der Waals surface area contributed by atoms with Gasteiger partial charge in [-0.25, -0.2) is 4.79 Å². The number of aryl methyl sites for hydroxylation is 2. The summed E-state index contributed by atoms with van der Waals surface area (Å²) in [6.45, 7) is 7.48. The van der Waals surface area contributed by atoms with Crippen LogP contribution in [-0.4, -0.2) is 28.6 Å². The van der Waals surface area contributed by atoms with Crippen LogP contribution in [-0.2, 0) is 9.53 Å². The summed E-state index contributed by atoms with van der Waals surface area (Å²) >= 11 is 0. The van der Waals surface area contributed by atoms with Gasteiger partial charge in [0.15, 0.2) is 6.10 Å². The monoisotopic (exact) mass is 340 g/mol. The molecule has 1 aromatic carbocycles. The first-order chi connectivity index (χ1) is 11.9. The van der Waals surface area contributed by atoms with Crippen LogP contribution < -0.4 is 5.32 Å². The number of carbonyl (C=O) groups excluding carboxylic acids is 2. The molecule has 3 rings (SSSR count). The molecule has 1 fully saturated rings. The van der Waals surface area contributed by atoms with Crippen molar-refractivity contribution in [2.45, 2.75) is 52.7 Å². The third kappa shape index (κ3) is 3.76. The zero-order valence-electron chi connectivity index (χ0n) is 15.1. The number of hydrogen-bond donors (Lipinski definition) is 1. The van der Waals surface area contributed by atoms with Gasteiger partial charge in [-0.3, -0.25) is 4.79 Å². The first-order valence-corrected chi connectivity index (χ1v) is 8.64. The number of benzene rings is 1. The van der Waals surface area contributed by atoms with Crippen LogP contribution in [0.1, 0.15) is 47.1 Å². The Morgan fingerprint density at radius 3 is 2.40 bits per heavy atom. The molecule has 1 aliphatic carbocycles. The van der Waals surface area contributed by atoms with Crippen LogP contribution >= 0.6 is 0 Å². The average molecular weight is 340 g/mol. The molecule has 1 N–H and O–H groups in total. The van der Waals surface area contributed by atoms with Gasteiger partial charge in [-0.2, -0.15) is 0 Å². The summed E-state index contributed by atoms with van der Waals surface area (Å²) in [4.78, 5) is 24.5. The molecule has 1 heterocycles. The summed E-state index contributed by atoms with van der Waals surface area (Å²) in [5, 5.41) is 2.85. The predicted molar refractivity (Wildman–Crippen MR) is 96.0 cm³/mol. The van der Waals surface area contributed by atoms with Crippen LogP contribution in [0.2, 0.25) is 0 Å². The molecule has 0 spiro atoms. The highest BCUT2D eigenvalue weighted by Crippen LogP contribution is 2.23. The SMILES string of the molecule is Cc1ccc(-n2c(C)cc(C(=O)O[C@H](C)C(=O)NC3CC3)c2C)cc1. The van der Waals surface area contributed by atoms with Gasteiger partial charge in [0.2, 0.25) is 0 Å². The van der Waals surface area contributed by atoms with Crippen LogP contribution in [0, 0.1) is 20.8 Å². The normalized spacial score (nSPS) is 14.9. The lowest BCUT2D eigenvalue weighted by molar-refractivity contribution is -0.129. The van der Waals surface area contributed by atoms with Gasteiger partial charge >= 0.3 is 5.97 Å². The van der Waals surface area contributed by atoms with Gasteiger partial charge in [0.25, 0.3) is 5.91 Å². The number of rotatable bonds is 5. The van der Waals surface area contributed by atoms with Crippen molar-refractivity contribution in [1.82, 2.24) is 9.88 Å². The zero-order valence-corrected chi connectivity index (χ0v) is 15.1. The van der Waals surface area contributed by atoms with Gasteiger partial charge in [-0.1, -0.05) is 17.7 Å². The van der Waals surface area contributed by atoms with Gasteiger partial charge in [0.05, 0.1) is 5.56 Å². The van der Waals surface area contributed by atoms with E-state index in [2.05, 4.69) is 5.32 Å². The molecule has 1 aromatic heterocycles. The standard InChI is InChI=1S/C20H24N2O3/c1-12-5-9-17(10-6-12)22-13(2)11-18(14(22)3)20(24)25-15(4)19(23)21-16-7-8-16/h5-6,9-11,15-16H,7-8H2,1-4H3,(H,21,23)/t15-/m1/s1. The van der Waals surface area contributed by atoms with Crippen molar-refractivity contribution in [3.63, 3.8) is 0 Å². The van der Waals surface area contributed by atoms with Gasteiger partial charge in [0, 0.05) is 23.1 Å². The molecule has 2 aromatic rings. The summed E-state index contributed by atoms with van der Waals surface area (Å²) in [6.07, 6.45) is 1.21. The number of esters is 1. The Kier molecular flexibility index (Phi) is 4.66. The van der Waals surface area contributed by atoms with E-state index in [4.69, 9.17) is 4.74 Å². The Bertz CT molecular complexity index is 801. The summed E-state index contributed by atoms with van der Waals surface area (Å²) < 4.78 is 7.39. The van der Waals surface area contributed by atoms with E-state index in [1.54, 1.807) is 6.92 Å². The van der Waals surface area contributed by atoms with Crippen molar-refractivity contribution in [3.8, 4) is 5.69 Å². The van der Waals surface area contributed by atoms with Crippen LogP contribution in [0.15, 0.2) is 30.3 Å². The lowest BCUT2D eigenvalue weighted by Gasteiger charge is -2.13. The molecule has 0 bridgehead atoms. The molecule has 0 aliphatic heterocycles. The van der Waals surface area contributed by atoms with Crippen LogP contribution in [0.5, 0.6) is 0 Å². The molecule has 1 atom stereocenters. The van der Waals surface area contributed by atoms with Crippen molar-refractivity contribution < 1.29 is 14.3 Å². The number of carbonyl (C=O) groups is 2. The van der Waals surface area contributed by atoms with Crippen molar-refractivity contribution in [2.75, 3.05) is 0 Å². The smallest absolute Gasteiger partial charge is 0.340 e. The maximum atomic E-state index is 12.5. The number of hydrogen-bond acceptors (Lipinski definition) is 3. The first-order valence-electron chi connectivity index (χ1n) is 8.64. The van der Waals surface area contributed by atoms with Crippen molar-refractivity contribution >= 4 is 11.9 Å². The highest BCUT2D eigenvalue weighted by Gasteiger charge is 2.28. The van der Waals surface area contributed by atoms with Gasteiger partial charge in [0.1, 0.15) is 0 Å². The van der Waals surface area contributed by atoms with Gasteiger partial charge in [-0.15, -0.1) is 0 Å². The van der Waals surface area contributed by atoms with Crippen LogP contribution in [0.4, 0.5) is 0 Å². The number of ether oxygens (including phenoxy) is 1. The third-order valence-corrected chi connectivity index (χ3v) is 4.52. The Hall–Kier alpha value is -2.56. The first kappa shape index (κ1) is 17.3. The zero-order chi connectivity index (χ0) is 18.1. The van der Waals surface area contributed by atoms with E-state index in [9.17, 15) is 9.59 Å². The van der Waals surface area contributed by atoms with E-state index < -0.39 is 12.1 Å². The summed E-state index contributed by atoms with van der Waals surface area (Å²) in [6, 6.07) is 10.2. The second kappa shape index (κ2) is 6.75. The molecule has 0 unspecified atom stereocenters. The fourth-order valence-electron chi connectivity index (χ4n) is 2.88. The minimum Gasteiger partial charge on any atom is -0.449 e. The lowest BCUT2D eigenvalue weighted by atomic mass is 10.2. The summed E-state index contributed by atoms with van der Waals surface area (Å²) in [7, 11) is 0. The number of nitrogens with zero attached hydrogens (tertiary/aromatic N) is 1.